The number of hydrogen-bond acceptors (Lipinski definition) is 2. The fraction of sp³-hybridized carbons (Fsp3) is 0.200. The normalized spacial score (nSPS) is 11.0. The van der Waals surface area contributed by atoms with E-state index in [0.717, 1.165) is 27.8 Å². The molecule has 0 atom stereocenters. The summed E-state index contributed by atoms with van der Waals surface area (Å²) in [7, 11) is 0. The molecule has 5 nitrogen and oxygen atoms in total. The maximum absolute atomic E-state index is 13.1. The summed E-state index contributed by atoms with van der Waals surface area (Å²) >= 11 is 0. The van der Waals surface area contributed by atoms with Gasteiger partial charge in [-0.2, -0.15) is 0 Å². The summed E-state index contributed by atoms with van der Waals surface area (Å²) in [5, 5.41) is 3.79. The van der Waals surface area contributed by atoms with Crippen LogP contribution in [0.4, 0.5) is 5.69 Å². The molecule has 2 aromatic carbocycles. The molecule has 2 heterocycles. The fourth-order valence-corrected chi connectivity index (χ4v) is 3.77. The molecule has 0 bridgehead atoms. The second-order valence-electron chi connectivity index (χ2n) is 7.79. The smallest absolute Gasteiger partial charge is 0.275 e. The van der Waals surface area contributed by atoms with Gasteiger partial charge in [0.25, 0.3) is 5.56 Å². The molecule has 0 fully saturated rings. The lowest BCUT2D eigenvalue weighted by molar-refractivity contribution is -0.116. The van der Waals surface area contributed by atoms with Crippen molar-refractivity contribution in [2.24, 2.45) is 0 Å². The number of carbonyl (C=O) groups excluding carboxylic acids is 1. The lowest BCUT2D eigenvalue weighted by Gasteiger charge is -2.12. The quantitative estimate of drug-likeness (QED) is 0.540. The summed E-state index contributed by atoms with van der Waals surface area (Å²) < 4.78 is 3.42. The zero-order chi connectivity index (χ0) is 21.3. The summed E-state index contributed by atoms with van der Waals surface area (Å²) in [6.07, 6.45) is 3.61. The van der Waals surface area contributed by atoms with Crippen molar-refractivity contribution in [1.29, 1.82) is 0 Å². The third kappa shape index (κ3) is 3.92. The van der Waals surface area contributed by atoms with Crippen molar-refractivity contribution >= 4 is 22.5 Å². The van der Waals surface area contributed by atoms with Crippen LogP contribution in [0.5, 0.6) is 0 Å². The van der Waals surface area contributed by atoms with E-state index in [4.69, 9.17) is 0 Å². The molecule has 4 aromatic rings. The maximum Gasteiger partial charge on any atom is 0.275 e. The predicted octanol–water partition coefficient (Wildman–Crippen LogP) is 4.42. The Morgan fingerprint density at radius 1 is 0.900 bits per heavy atom. The van der Waals surface area contributed by atoms with Crippen LogP contribution in [0.2, 0.25) is 0 Å². The van der Waals surface area contributed by atoms with Gasteiger partial charge in [0, 0.05) is 30.0 Å². The average Bonchev–Trinajstić information content (AvgIpc) is 3.12. The molecular weight excluding hydrogens is 374 g/mol. The van der Waals surface area contributed by atoms with E-state index < -0.39 is 0 Å². The van der Waals surface area contributed by atoms with Crippen molar-refractivity contribution in [3.05, 3.63) is 99.6 Å². The standard InChI is InChI=1S/C25H25N3O2/c1-17-8-9-22(19(3)14-17)26-23(29)16-28-13-11-20-10-12-27(24(20)25(28)30)15-21-7-5-4-6-18(21)2/h4-14H,15-16H2,1-3H3,(H,26,29). The molecule has 0 saturated carbocycles. The van der Waals surface area contributed by atoms with Crippen LogP contribution in [0.1, 0.15) is 22.3 Å². The monoisotopic (exact) mass is 399 g/mol. The Balaban J connectivity index is 1.61. The van der Waals surface area contributed by atoms with Gasteiger partial charge in [0.05, 0.1) is 0 Å². The Morgan fingerprint density at radius 2 is 1.63 bits per heavy atom. The van der Waals surface area contributed by atoms with E-state index in [2.05, 4.69) is 24.4 Å². The maximum atomic E-state index is 13.1. The molecule has 0 radical (unpaired) electrons. The van der Waals surface area contributed by atoms with Crippen molar-refractivity contribution in [2.75, 3.05) is 5.32 Å². The Bertz CT molecular complexity index is 1300. The number of nitrogens with one attached hydrogen (secondary N) is 1. The van der Waals surface area contributed by atoms with Crippen molar-refractivity contribution in [2.45, 2.75) is 33.9 Å². The molecule has 0 aliphatic rings. The number of amides is 1. The van der Waals surface area contributed by atoms with Gasteiger partial charge < -0.3 is 14.5 Å². The first kappa shape index (κ1) is 19.7. The molecule has 4 rings (SSSR count). The van der Waals surface area contributed by atoms with Crippen LogP contribution >= 0.6 is 0 Å². The van der Waals surface area contributed by atoms with Crippen LogP contribution in [0.15, 0.2) is 71.8 Å². The van der Waals surface area contributed by atoms with Crippen molar-refractivity contribution in [3.8, 4) is 0 Å². The van der Waals surface area contributed by atoms with Gasteiger partial charge in [0.2, 0.25) is 5.91 Å². The first-order chi connectivity index (χ1) is 14.4. The summed E-state index contributed by atoms with van der Waals surface area (Å²) in [5.41, 5.74) is 5.70. The minimum Gasteiger partial charge on any atom is -0.339 e. The summed E-state index contributed by atoms with van der Waals surface area (Å²) in [5.74, 6) is -0.222. The van der Waals surface area contributed by atoms with E-state index in [1.54, 1.807) is 6.20 Å². The van der Waals surface area contributed by atoms with Crippen LogP contribution in [0.25, 0.3) is 10.9 Å². The molecule has 0 unspecified atom stereocenters. The van der Waals surface area contributed by atoms with Gasteiger partial charge in [-0.25, -0.2) is 0 Å². The number of carbonyl (C=O) groups is 1. The molecule has 152 valence electrons. The number of fused-ring (bicyclic) bond motifs is 1. The van der Waals surface area contributed by atoms with E-state index in [0.29, 0.717) is 12.1 Å². The van der Waals surface area contributed by atoms with Crippen LogP contribution < -0.4 is 10.9 Å². The van der Waals surface area contributed by atoms with E-state index in [9.17, 15) is 9.59 Å². The SMILES string of the molecule is Cc1ccc(NC(=O)Cn2ccc3ccn(Cc4ccccc4C)c3c2=O)c(C)c1. The van der Waals surface area contributed by atoms with E-state index in [-0.39, 0.29) is 18.0 Å². The number of anilines is 1. The van der Waals surface area contributed by atoms with Gasteiger partial charge in [0.1, 0.15) is 12.1 Å². The highest BCUT2D eigenvalue weighted by molar-refractivity contribution is 5.91. The zero-order valence-corrected chi connectivity index (χ0v) is 17.5. The predicted molar refractivity (Wildman–Crippen MR) is 121 cm³/mol. The second kappa shape index (κ2) is 8.03. The molecule has 30 heavy (non-hydrogen) atoms. The summed E-state index contributed by atoms with van der Waals surface area (Å²) in [6.45, 7) is 6.62. The van der Waals surface area contributed by atoms with Crippen molar-refractivity contribution in [3.63, 3.8) is 0 Å². The summed E-state index contributed by atoms with van der Waals surface area (Å²) in [6, 6.07) is 17.8. The van der Waals surface area contributed by atoms with Crippen LogP contribution in [0.3, 0.4) is 0 Å². The van der Waals surface area contributed by atoms with Gasteiger partial charge in [-0.1, -0.05) is 42.0 Å². The van der Waals surface area contributed by atoms with Gasteiger partial charge in [-0.05, 0) is 55.7 Å². The van der Waals surface area contributed by atoms with E-state index in [1.807, 2.05) is 67.1 Å². The highest BCUT2D eigenvalue weighted by atomic mass is 16.2. The topological polar surface area (TPSA) is 56.0 Å². The number of aromatic nitrogens is 2. The molecule has 0 saturated heterocycles. The highest BCUT2D eigenvalue weighted by Crippen LogP contribution is 2.17. The number of aryl methyl sites for hydroxylation is 3. The summed E-state index contributed by atoms with van der Waals surface area (Å²) in [4.78, 5) is 25.7. The molecule has 0 aliphatic carbocycles. The minimum atomic E-state index is -0.222. The number of hydrogen-bond donors (Lipinski definition) is 1. The van der Waals surface area contributed by atoms with Gasteiger partial charge in [-0.15, -0.1) is 0 Å². The first-order valence-electron chi connectivity index (χ1n) is 10.0. The lowest BCUT2D eigenvalue weighted by Crippen LogP contribution is -2.28. The second-order valence-corrected chi connectivity index (χ2v) is 7.79. The molecule has 1 N–H and O–H groups in total. The van der Waals surface area contributed by atoms with Gasteiger partial charge in [-0.3, -0.25) is 9.59 Å². The number of rotatable bonds is 5. The Kier molecular flexibility index (Phi) is 5.27. The molecule has 1 amide bonds. The fourth-order valence-electron chi connectivity index (χ4n) is 3.77. The highest BCUT2D eigenvalue weighted by Gasteiger charge is 2.12. The molecule has 0 aliphatic heterocycles. The van der Waals surface area contributed by atoms with Gasteiger partial charge >= 0.3 is 0 Å². The van der Waals surface area contributed by atoms with Crippen LogP contribution in [0, 0.1) is 20.8 Å². The molecule has 0 spiro atoms. The van der Waals surface area contributed by atoms with Crippen molar-refractivity contribution < 1.29 is 4.79 Å². The first-order valence-corrected chi connectivity index (χ1v) is 10.0. The zero-order valence-electron chi connectivity index (χ0n) is 17.5. The Labute approximate surface area is 175 Å². The number of benzene rings is 2. The van der Waals surface area contributed by atoms with Gasteiger partial charge in [0.15, 0.2) is 0 Å². The Hall–Kier alpha value is -3.60. The number of nitrogens with zero attached hydrogens (tertiary/aromatic N) is 2. The van der Waals surface area contributed by atoms with Crippen molar-refractivity contribution in [1.82, 2.24) is 9.13 Å². The Morgan fingerprint density at radius 3 is 2.37 bits per heavy atom. The minimum absolute atomic E-state index is 0.0301. The lowest BCUT2D eigenvalue weighted by atomic mass is 10.1. The molecule has 5 heteroatoms. The van der Waals surface area contributed by atoms with E-state index in [1.165, 1.54) is 10.1 Å². The average molecular weight is 399 g/mol. The van der Waals surface area contributed by atoms with Crippen LogP contribution in [-0.2, 0) is 17.9 Å². The van der Waals surface area contributed by atoms with E-state index >= 15 is 0 Å². The number of pyridine rings is 1. The molecule has 2 aromatic heterocycles. The third-order valence-electron chi connectivity index (χ3n) is 5.46. The molecular formula is C25H25N3O2. The van der Waals surface area contributed by atoms with Crippen LogP contribution in [-0.4, -0.2) is 15.0 Å². The third-order valence-corrected chi connectivity index (χ3v) is 5.46. The largest absolute Gasteiger partial charge is 0.339 e.